The van der Waals surface area contributed by atoms with Gasteiger partial charge in [-0.25, -0.2) is 0 Å². The van der Waals surface area contributed by atoms with E-state index in [1.165, 1.54) is 159 Å². The van der Waals surface area contributed by atoms with E-state index in [9.17, 15) is 5.11 Å². The molecule has 0 spiro atoms. The summed E-state index contributed by atoms with van der Waals surface area (Å²) in [4.78, 5) is 0. The van der Waals surface area contributed by atoms with Crippen LogP contribution in [0.3, 0.4) is 0 Å². The Labute approximate surface area is 215 Å². The minimum absolute atomic E-state index is 0.345. The molecule has 0 aromatic rings. The van der Waals surface area contributed by atoms with Crippen molar-refractivity contribution in [3.8, 4) is 0 Å². The first-order chi connectivity index (χ1) is 16.0. The van der Waals surface area contributed by atoms with E-state index in [1.807, 2.05) is 0 Å². The average molecular weight is 507 g/mol. The van der Waals surface area contributed by atoms with E-state index in [4.69, 9.17) is 11.2 Å². The maximum absolute atomic E-state index is 9.17. The van der Waals surface area contributed by atoms with Gasteiger partial charge in [-0.3, -0.25) is 0 Å². The van der Waals surface area contributed by atoms with Gasteiger partial charge in [-0.2, -0.15) is 0 Å². The molecule has 0 saturated heterocycles. The molecule has 3 heteroatoms. The fraction of sp³-hybridized carbons (Fsp3) is 1.00. The first-order valence-electron chi connectivity index (χ1n) is 15.4. The van der Waals surface area contributed by atoms with Crippen molar-refractivity contribution in [1.29, 1.82) is 0 Å². The van der Waals surface area contributed by atoms with Gasteiger partial charge in [-0.05, 0) is 0 Å². The van der Waals surface area contributed by atoms with Crippen molar-refractivity contribution in [2.24, 2.45) is 0 Å². The second kappa shape index (κ2) is 23.1. The Morgan fingerprint density at radius 1 is 0.394 bits per heavy atom. The third-order valence-corrected chi connectivity index (χ3v) is 15.6. The van der Waals surface area contributed by atoms with Gasteiger partial charge in [0, 0.05) is 0 Å². The van der Waals surface area contributed by atoms with Crippen molar-refractivity contribution in [1.82, 2.24) is 0 Å². The van der Waals surface area contributed by atoms with E-state index in [2.05, 4.69) is 20.8 Å². The molecule has 0 amide bonds. The van der Waals surface area contributed by atoms with Crippen LogP contribution in [0.25, 0.3) is 0 Å². The van der Waals surface area contributed by atoms with Crippen LogP contribution in [0, 0.1) is 0 Å². The van der Waals surface area contributed by atoms with Crippen molar-refractivity contribution >= 4 is 17.2 Å². The van der Waals surface area contributed by atoms with Gasteiger partial charge in [0.25, 0.3) is 0 Å². The molecule has 0 saturated carbocycles. The van der Waals surface area contributed by atoms with Crippen molar-refractivity contribution in [3.05, 3.63) is 0 Å². The first kappa shape index (κ1) is 33.7. The minimum atomic E-state index is -2.15. The van der Waals surface area contributed by atoms with Gasteiger partial charge < -0.3 is 0 Å². The molecule has 0 aliphatic carbocycles. The molecule has 1 N–H and O–H groups in total. The summed E-state index contributed by atoms with van der Waals surface area (Å²) in [6, 6.07) is 0. The zero-order chi connectivity index (χ0) is 24.5. The van der Waals surface area contributed by atoms with Crippen LogP contribution in [0.5, 0.6) is 0 Å². The monoisotopic (exact) mass is 506 g/mol. The molecular weight excluding hydrogens is 443 g/mol. The fourth-order valence-corrected chi connectivity index (χ4v) is 12.3. The number of halogens is 1. The molecule has 0 aliphatic rings. The van der Waals surface area contributed by atoms with Gasteiger partial charge in [-0.15, -0.1) is 0 Å². The van der Waals surface area contributed by atoms with Crippen molar-refractivity contribution < 1.29 is 5.11 Å². The van der Waals surface area contributed by atoms with Crippen molar-refractivity contribution in [2.45, 2.75) is 162 Å². The SMILES string of the molecule is CCCCCCCCP(Cl)(CCCCCCO)(CCCCCCCC)CCCCCCCC. The number of hydrogen-bond donors (Lipinski definition) is 1. The Morgan fingerprint density at radius 2 is 0.636 bits per heavy atom. The van der Waals surface area contributed by atoms with Crippen LogP contribution < -0.4 is 0 Å². The molecule has 0 radical (unpaired) electrons. The fourth-order valence-electron chi connectivity index (χ4n) is 5.51. The first-order valence-corrected chi connectivity index (χ1v) is 19.3. The molecule has 0 aliphatic heterocycles. The third-order valence-electron chi connectivity index (χ3n) is 7.84. The summed E-state index contributed by atoms with van der Waals surface area (Å²) in [7, 11) is 0. The zero-order valence-electron chi connectivity index (χ0n) is 23.4. The summed E-state index contributed by atoms with van der Waals surface area (Å²) >= 11 is 8.01. The molecule has 202 valence electrons. The van der Waals surface area contributed by atoms with Crippen molar-refractivity contribution in [3.63, 3.8) is 0 Å². The molecule has 33 heavy (non-hydrogen) atoms. The van der Waals surface area contributed by atoms with Crippen LogP contribution in [0.1, 0.15) is 162 Å². The van der Waals surface area contributed by atoms with Gasteiger partial charge in [0.05, 0.1) is 0 Å². The predicted octanol–water partition coefficient (Wildman–Crippen LogP) is 11.3. The molecular formula is C30H64ClOP. The summed E-state index contributed by atoms with van der Waals surface area (Å²) in [5.74, 6) is -2.15. The van der Waals surface area contributed by atoms with Gasteiger partial charge in [-0.1, -0.05) is 0 Å². The van der Waals surface area contributed by atoms with Crippen molar-refractivity contribution in [2.75, 3.05) is 31.3 Å². The molecule has 0 aromatic carbocycles. The summed E-state index contributed by atoms with van der Waals surface area (Å²) in [5.41, 5.74) is 0. The Bertz CT molecular complexity index is 357. The average Bonchev–Trinajstić information content (AvgIpc) is 2.81. The molecule has 0 heterocycles. The van der Waals surface area contributed by atoms with E-state index in [1.54, 1.807) is 0 Å². The number of hydrogen-bond acceptors (Lipinski definition) is 1. The Balaban J connectivity index is 4.99. The normalized spacial score (nSPS) is 13.3. The van der Waals surface area contributed by atoms with E-state index in [0.29, 0.717) is 6.61 Å². The van der Waals surface area contributed by atoms with E-state index >= 15 is 0 Å². The standard InChI is InChI=1S/C30H64ClOP/c1-4-7-10-13-17-22-27-33(31,30-25-20-16-21-26-32,28-23-18-14-11-8-5-2)29-24-19-15-12-9-6-3/h32H,4-30H2,1-3H3. The molecule has 0 unspecified atom stereocenters. The second-order valence-electron chi connectivity index (χ2n) is 11.2. The third kappa shape index (κ3) is 19.5. The van der Waals surface area contributed by atoms with Gasteiger partial charge >= 0.3 is 216 Å². The number of unbranched alkanes of at least 4 members (excludes halogenated alkanes) is 18. The predicted molar refractivity (Wildman–Crippen MR) is 158 cm³/mol. The summed E-state index contributed by atoms with van der Waals surface area (Å²) < 4.78 is 0. The molecule has 0 fully saturated rings. The molecule has 0 aromatic heterocycles. The second-order valence-corrected chi connectivity index (χ2v) is 19.5. The Kier molecular flexibility index (Phi) is 23.6. The van der Waals surface area contributed by atoms with Crippen LogP contribution in [0.4, 0.5) is 0 Å². The number of aliphatic hydroxyl groups is 1. The van der Waals surface area contributed by atoms with Crippen LogP contribution in [-0.4, -0.2) is 36.4 Å². The Morgan fingerprint density at radius 3 is 0.909 bits per heavy atom. The topological polar surface area (TPSA) is 20.2 Å². The van der Waals surface area contributed by atoms with Gasteiger partial charge in [0.2, 0.25) is 0 Å². The molecule has 0 rings (SSSR count). The van der Waals surface area contributed by atoms with Crippen LogP contribution in [-0.2, 0) is 0 Å². The molecule has 0 atom stereocenters. The summed E-state index contributed by atoms with van der Waals surface area (Å²) in [5, 5.41) is 9.17. The summed E-state index contributed by atoms with van der Waals surface area (Å²) in [6.07, 6.45) is 34.9. The van der Waals surface area contributed by atoms with Gasteiger partial charge in [0.1, 0.15) is 0 Å². The van der Waals surface area contributed by atoms with E-state index in [0.717, 1.165) is 6.42 Å². The van der Waals surface area contributed by atoms with Crippen LogP contribution in [0.15, 0.2) is 0 Å². The van der Waals surface area contributed by atoms with E-state index in [-0.39, 0.29) is 0 Å². The number of rotatable bonds is 27. The maximum atomic E-state index is 9.17. The van der Waals surface area contributed by atoms with E-state index < -0.39 is 5.96 Å². The molecule has 0 bridgehead atoms. The Hall–Kier alpha value is 0.680. The van der Waals surface area contributed by atoms with Crippen LogP contribution >= 0.6 is 17.2 Å². The molecule has 1 nitrogen and oxygen atoms in total. The quantitative estimate of drug-likeness (QED) is 0.0866. The van der Waals surface area contributed by atoms with Crippen LogP contribution in [0.2, 0.25) is 0 Å². The summed E-state index contributed by atoms with van der Waals surface area (Å²) in [6.45, 7) is 7.27. The number of aliphatic hydroxyl groups excluding tert-OH is 1. The zero-order valence-corrected chi connectivity index (χ0v) is 25.0. The van der Waals surface area contributed by atoms with Gasteiger partial charge in [0.15, 0.2) is 0 Å².